The van der Waals surface area contributed by atoms with Crippen LogP contribution in [0.2, 0.25) is 0 Å². The van der Waals surface area contributed by atoms with Gasteiger partial charge in [-0.3, -0.25) is 4.79 Å². The van der Waals surface area contributed by atoms with Crippen molar-refractivity contribution in [3.05, 3.63) is 29.8 Å². The first-order valence-electron chi connectivity index (χ1n) is 8.07. The van der Waals surface area contributed by atoms with E-state index in [-0.39, 0.29) is 12.5 Å². The highest BCUT2D eigenvalue weighted by Crippen LogP contribution is 2.45. The van der Waals surface area contributed by atoms with Crippen LogP contribution in [-0.2, 0) is 4.79 Å². The molecular formula is C17H23NO2S2. The predicted octanol–water partition coefficient (Wildman–Crippen LogP) is 3.95. The Morgan fingerprint density at radius 3 is 2.32 bits per heavy atom. The number of carbonyl (C=O) groups excluding carboxylic acids is 1. The van der Waals surface area contributed by atoms with Gasteiger partial charge < -0.3 is 9.64 Å². The van der Waals surface area contributed by atoms with Crippen LogP contribution in [-0.4, -0.2) is 42.0 Å². The molecule has 0 atom stereocenters. The van der Waals surface area contributed by atoms with Crippen molar-refractivity contribution in [3.8, 4) is 5.75 Å². The molecule has 0 spiro atoms. The van der Waals surface area contributed by atoms with E-state index in [1.807, 2.05) is 40.6 Å². The number of hydrogen-bond acceptors (Lipinski definition) is 4. The molecule has 22 heavy (non-hydrogen) atoms. The first kappa shape index (κ1) is 16.1. The Bertz CT molecular complexity index is 478. The maximum atomic E-state index is 12.2. The van der Waals surface area contributed by atoms with Gasteiger partial charge in [0.1, 0.15) is 5.75 Å². The van der Waals surface area contributed by atoms with E-state index in [1.54, 1.807) is 0 Å². The molecule has 1 aromatic rings. The van der Waals surface area contributed by atoms with Crippen LogP contribution in [0, 0.1) is 0 Å². The Kier molecular flexibility index (Phi) is 5.96. The highest BCUT2D eigenvalue weighted by Gasteiger charge is 2.18. The Morgan fingerprint density at radius 2 is 1.68 bits per heavy atom. The standard InChI is InChI=1S/C17H23NO2S2/c19-16(18-9-3-1-2-4-10-18)13-20-15-7-5-14(6-8-15)17-21-11-12-22-17/h5-8,17H,1-4,9-13H2. The number of ether oxygens (including phenoxy) is 1. The normalized spacial score (nSPS) is 19.9. The van der Waals surface area contributed by atoms with E-state index in [0.29, 0.717) is 4.58 Å². The maximum Gasteiger partial charge on any atom is 0.260 e. The molecule has 0 bridgehead atoms. The van der Waals surface area contributed by atoms with Crippen molar-refractivity contribution in [2.45, 2.75) is 30.3 Å². The number of rotatable bonds is 4. The van der Waals surface area contributed by atoms with Crippen molar-refractivity contribution in [3.63, 3.8) is 0 Å². The number of likely N-dealkylation sites (tertiary alicyclic amines) is 1. The monoisotopic (exact) mass is 337 g/mol. The first-order valence-corrected chi connectivity index (χ1v) is 10.2. The summed E-state index contributed by atoms with van der Waals surface area (Å²) in [5.74, 6) is 3.38. The second-order valence-corrected chi connectivity index (χ2v) is 8.45. The third kappa shape index (κ3) is 4.35. The molecule has 0 unspecified atom stereocenters. The minimum absolute atomic E-state index is 0.118. The molecule has 2 saturated heterocycles. The van der Waals surface area contributed by atoms with Crippen molar-refractivity contribution < 1.29 is 9.53 Å². The van der Waals surface area contributed by atoms with Gasteiger partial charge in [0.05, 0.1) is 4.58 Å². The quantitative estimate of drug-likeness (QED) is 0.832. The van der Waals surface area contributed by atoms with Gasteiger partial charge in [-0.15, -0.1) is 23.5 Å². The van der Waals surface area contributed by atoms with Crippen molar-refractivity contribution in [1.29, 1.82) is 0 Å². The molecule has 120 valence electrons. The van der Waals surface area contributed by atoms with Gasteiger partial charge in [-0.2, -0.15) is 0 Å². The number of amides is 1. The van der Waals surface area contributed by atoms with Crippen LogP contribution >= 0.6 is 23.5 Å². The van der Waals surface area contributed by atoms with Crippen molar-refractivity contribution >= 4 is 29.4 Å². The molecule has 2 aliphatic heterocycles. The van der Waals surface area contributed by atoms with Crippen molar-refractivity contribution in [1.82, 2.24) is 4.90 Å². The lowest BCUT2D eigenvalue weighted by Crippen LogP contribution is -2.35. The molecule has 0 radical (unpaired) electrons. The minimum Gasteiger partial charge on any atom is -0.484 e. The minimum atomic E-state index is 0.118. The van der Waals surface area contributed by atoms with E-state index in [9.17, 15) is 4.79 Å². The summed E-state index contributed by atoms with van der Waals surface area (Å²) >= 11 is 4.00. The maximum absolute atomic E-state index is 12.2. The van der Waals surface area contributed by atoms with Gasteiger partial charge in [0.25, 0.3) is 5.91 Å². The summed E-state index contributed by atoms with van der Waals surface area (Å²) in [6, 6.07) is 8.23. The summed E-state index contributed by atoms with van der Waals surface area (Å²) in [7, 11) is 0. The molecular weight excluding hydrogens is 314 g/mol. The van der Waals surface area contributed by atoms with E-state index in [0.717, 1.165) is 31.7 Å². The fraction of sp³-hybridized carbons (Fsp3) is 0.588. The third-order valence-electron chi connectivity index (χ3n) is 4.10. The zero-order valence-electron chi connectivity index (χ0n) is 12.8. The molecule has 2 fully saturated rings. The van der Waals surface area contributed by atoms with Crippen molar-refractivity contribution in [2.24, 2.45) is 0 Å². The predicted molar refractivity (Wildman–Crippen MR) is 94.6 cm³/mol. The van der Waals surface area contributed by atoms with Gasteiger partial charge in [-0.25, -0.2) is 0 Å². The zero-order valence-corrected chi connectivity index (χ0v) is 14.5. The smallest absolute Gasteiger partial charge is 0.260 e. The summed E-state index contributed by atoms with van der Waals surface area (Å²) in [4.78, 5) is 14.1. The lowest BCUT2D eigenvalue weighted by Gasteiger charge is -2.20. The fourth-order valence-corrected chi connectivity index (χ4v) is 5.69. The largest absolute Gasteiger partial charge is 0.484 e. The van der Waals surface area contributed by atoms with Crippen LogP contribution in [0.25, 0.3) is 0 Å². The van der Waals surface area contributed by atoms with Gasteiger partial charge in [0.2, 0.25) is 0 Å². The van der Waals surface area contributed by atoms with E-state index >= 15 is 0 Å². The Hall–Kier alpha value is -0.810. The second kappa shape index (κ2) is 8.16. The summed E-state index contributed by atoms with van der Waals surface area (Å²) in [6.45, 7) is 1.93. The van der Waals surface area contributed by atoms with Gasteiger partial charge >= 0.3 is 0 Å². The Balaban J connectivity index is 1.49. The van der Waals surface area contributed by atoms with Gasteiger partial charge in [0.15, 0.2) is 6.61 Å². The number of thioether (sulfide) groups is 2. The molecule has 3 rings (SSSR count). The molecule has 0 saturated carbocycles. The van der Waals surface area contributed by atoms with Crippen LogP contribution < -0.4 is 4.74 Å². The lowest BCUT2D eigenvalue weighted by atomic mass is 10.2. The van der Waals surface area contributed by atoms with Gasteiger partial charge in [-0.05, 0) is 30.5 Å². The molecule has 1 amide bonds. The van der Waals surface area contributed by atoms with Crippen LogP contribution in [0.1, 0.15) is 35.8 Å². The van der Waals surface area contributed by atoms with Crippen molar-refractivity contribution in [2.75, 3.05) is 31.2 Å². The third-order valence-corrected chi connectivity index (χ3v) is 7.20. The second-order valence-electron chi connectivity index (χ2n) is 5.73. The molecule has 0 aliphatic carbocycles. The average Bonchev–Trinajstić information content (AvgIpc) is 2.95. The summed E-state index contributed by atoms with van der Waals surface area (Å²) in [5.41, 5.74) is 1.35. The molecule has 1 aromatic carbocycles. The molecule has 0 aromatic heterocycles. The van der Waals surface area contributed by atoms with Crippen LogP contribution in [0.5, 0.6) is 5.75 Å². The number of benzene rings is 1. The highest BCUT2D eigenvalue weighted by atomic mass is 32.2. The molecule has 2 aliphatic rings. The number of carbonyl (C=O) groups is 1. The highest BCUT2D eigenvalue weighted by molar-refractivity contribution is 8.19. The lowest BCUT2D eigenvalue weighted by molar-refractivity contribution is -0.133. The molecule has 5 heteroatoms. The zero-order chi connectivity index (χ0) is 15.2. The van der Waals surface area contributed by atoms with Crippen LogP contribution in [0.3, 0.4) is 0 Å². The summed E-state index contributed by atoms with van der Waals surface area (Å²) in [6.07, 6.45) is 4.72. The first-order chi connectivity index (χ1) is 10.8. The van der Waals surface area contributed by atoms with Crippen LogP contribution in [0.15, 0.2) is 24.3 Å². The number of nitrogens with zero attached hydrogens (tertiary/aromatic N) is 1. The van der Waals surface area contributed by atoms with E-state index in [2.05, 4.69) is 12.1 Å². The molecule has 3 nitrogen and oxygen atoms in total. The average molecular weight is 338 g/mol. The van der Waals surface area contributed by atoms with Gasteiger partial charge in [-0.1, -0.05) is 25.0 Å². The van der Waals surface area contributed by atoms with E-state index < -0.39 is 0 Å². The SMILES string of the molecule is O=C(COc1ccc(C2SCCS2)cc1)N1CCCCCC1. The fourth-order valence-electron chi connectivity index (χ4n) is 2.83. The molecule has 2 heterocycles. The van der Waals surface area contributed by atoms with E-state index in [4.69, 9.17) is 4.74 Å². The summed E-state index contributed by atoms with van der Waals surface area (Å²) in [5, 5.41) is 0. The number of hydrogen-bond donors (Lipinski definition) is 0. The van der Waals surface area contributed by atoms with Crippen LogP contribution in [0.4, 0.5) is 0 Å². The van der Waals surface area contributed by atoms with E-state index in [1.165, 1.54) is 29.9 Å². The Labute approximate surface area is 141 Å². The summed E-state index contributed by atoms with van der Waals surface area (Å²) < 4.78 is 6.24. The molecule has 0 N–H and O–H groups in total. The Morgan fingerprint density at radius 1 is 1.05 bits per heavy atom. The topological polar surface area (TPSA) is 29.5 Å². The van der Waals surface area contributed by atoms with Gasteiger partial charge in [0, 0.05) is 24.6 Å².